The lowest BCUT2D eigenvalue weighted by molar-refractivity contribution is -0.137. The lowest BCUT2D eigenvalue weighted by Crippen LogP contribution is -2.07. The molecule has 0 amide bonds. The molecule has 0 radical (unpaired) electrons. The molecule has 2 aromatic heterocycles. The summed E-state index contributed by atoms with van der Waals surface area (Å²) >= 11 is 2.31. The van der Waals surface area contributed by atoms with E-state index in [2.05, 4.69) is 0 Å². The van der Waals surface area contributed by atoms with E-state index in [1.807, 2.05) is 0 Å². The SMILES string of the molecule is COc1cc2sc(C(=O)CCC(=O)O)cc2cc1OCCCOc1c(OC)cc2sc(C(=O)CCC(=O)O)cc2c1F. The van der Waals surface area contributed by atoms with E-state index in [1.54, 1.807) is 24.3 Å². The summed E-state index contributed by atoms with van der Waals surface area (Å²) in [6, 6.07) is 8.15. The number of methoxy groups -OCH3 is 2. The predicted octanol–water partition coefficient (Wildman–Crippen LogP) is 6.22. The number of benzene rings is 2. The smallest absolute Gasteiger partial charge is 0.303 e. The molecule has 10 nitrogen and oxygen atoms in total. The first-order chi connectivity index (χ1) is 20.1. The molecule has 4 aromatic rings. The Morgan fingerprint density at radius 2 is 1.29 bits per heavy atom. The van der Waals surface area contributed by atoms with E-state index >= 15 is 4.39 Å². The van der Waals surface area contributed by atoms with Gasteiger partial charge in [0.25, 0.3) is 0 Å². The van der Waals surface area contributed by atoms with Crippen LogP contribution in [0, 0.1) is 5.82 Å². The van der Waals surface area contributed by atoms with Crippen LogP contribution in [0.1, 0.15) is 51.4 Å². The van der Waals surface area contributed by atoms with Gasteiger partial charge in [-0.2, -0.15) is 0 Å². The van der Waals surface area contributed by atoms with Gasteiger partial charge >= 0.3 is 11.9 Å². The minimum atomic E-state index is -1.09. The van der Waals surface area contributed by atoms with Crippen molar-refractivity contribution in [3.05, 3.63) is 45.9 Å². The molecule has 0 bridgehead atoms. The lowest BCUT2D eigenvalue weighted by Gasteiger charge is -2.13. The molecule has 2 heterocycles. The van der Waals surface area contributed by atoms with Crippen LogP contribution in [0.3, 0.4) is 0 Å². The van der Waals surface area contributed by atoms with E-state index in [9.17, 15) is 19.2 Å². The van der Waals surface area contributed by atoms with E-state index in [0.717, 1.165) is 21.4 Å². The highest BCUT2D eigenvalue weighted by Crippen LogP contribution is 2.41. The fourth-order valence-electron chi connectivity index (χ4n) is 4.08. The second-order valence-electron chi connectivity index (χ2n) is 9.08. The van der Waals surface area contributed by atoms with Crippen molar-refractivity contribution >= 4 is 66.4 Å². The van der Waals surface area contributed by atoms with Crippen LogP contribution >= 0.6 is 22.7 Å². The van der Waals surface area contributed by atoms with Crippen molar-refractivity contribution in [2.75, 3.05) is 27.4 Å². The molecule has 13 heteroatoms. The first kappa shape index (κ1) is 30.7. The third kappa shape index (κ3) is 7.15. The number of carboxylic acid groups (broad SMARTS) is 2. The maximum atomic E-state index is 15.4. The minimum Gasteiger partial charge on any atom is -0.493 e. The van der Waals surface area contributed by atoms with Crippen molar-refractivity contribution in [3.8, 4) is 23.0 Å². The van der Waals surface area contributed by atoms with E-state index < -0.39 is 17.8 Å². The summed E-state index contributed by atoms with van der Waals surface area (Å²) in [6.45, 7) is 0.280. The Labute approximate surface area is 247 Å². The lowest BCUT2D eigenvalue weighted by atomic mass is 10.1. The Balaban J connectivity index is 1.40. The average Bonchev–Trinajstić information content (AvgIpc) is 3.59. The highest BCUT2D eigenvalue weighted by Gasteiger charge is 2.21. The summed E-state index contributed by atoms with van der Waals surface area (Å²) in [7, 11) is 2.87. The number of hydrogen-bond donors (Lipinski definition) is 2. The maximum Gasteiger partial charge on any atom is 0.303 e. The number of thiophene rings is 2. The van der Waals surface area contributed by atoms with Crippen molar-refractivity contribution in [1.82, 2.24) is 0 Å². The summed E-state index contributed by atoms with van der Waals surface area (Å²) in [4.78, 5) is 46.9. The maximum absolute atomic E-state index is 15.4. The van der Waals surface area contributed by atoms with E-state index in [-0.39, 0.29) is 72.2 Å². The van der Waals surface area contributed by atoms with Gasteiger partial charge in [0.1, 0.15) is 0 Å². The third-order valence-electron chi connectivity index (χ3n) is 6.18. The fraction of sp³-hybridized carbons (Fsp3) is 0.310. The summed E-state index contributed by atoms with van der Waals surface area (Å²) in [5.74, 6) is -2.48. The highest BCUT2D eigenvalue weighted by atomic mass is 32.1. The van der Waals surface area contributed by atoms with Crippen molar-refractivity contribution in [1.29, 1.82) is 0 Å². The van der Waals surface area contributed by atoms with Gasteiger partial charge in [0, 0.05) is 46.2 Å². The Morgan fingerprint density at radius 1 is 0.714 bits per heavy atom. The van der Waals surface area contributed by atoms with Gasteiger partial charge in [0.05, 0.1) is 50.0 Å². The molecule has 0 fully saturated rings. The second-order valence-corrected chi connectivity index (χ2v) is 11.2. The number of fused-ring (bicyclic) bond motifs is 2. The Morgan fingerprint density at radius 3 is 1.90 bits per heavy atom. The number of Topliss-reactive ketones (excluding diaryl/α,β-unsaturated/α-hetero) is 2. The fourth-order valence-corrected chi connectivity index (χ4v) is 6.18. The zero-order valence-corrected chi connectivity index (χ0v) is 24.3. The summed E-state index contributed by atoms with van der Waals surface area (Å²) in [5, 5.41) is 18.6. The van der Waals surface area contributed by atoms with Crippen LogP contribution in [-0.4, -0.2) is 61.2 Å². The van der Waals surface area contributed by atoms with Crippen LogP contribution in [-0.2, 0) is 9.59 Å². The molecule has 2 N–H and O–H groups in total. The Bertz CT molecular complexity index is 1660. The van der Waals surface area contributed by atoms with Crippen molar-refractivity contribution in [2.45, 2.75) is 32.1 Å². The second kappa shape index (κ2) is 13.6. The zero-order chi connectivity index (χ0) is 30.4. The van der Waals surface area contributed by atoms with Crippen LogP contribution in [0.25, 0.3) is 20.2 Å². The number of carbonyl (C=O) groups excluding carboxylic acids is 2. The summed E-state index contributed by atoms with van der Waals surface area (Å²) in [5.41, 5.74) is 0. The number of aliphatic carboxylic acids is 2. The van der Waals surface area contributed by atoms with Gasteiger partial charge in [-0.25, -0.2) is 4.39 Å². The van der Waals surface area contributed by atoms with Gasteiger partial charge < -0.3 is 29.2 Å². The molecular weight excluding hydrogens is 591 g/mol. The number of hydrogen-bond acceptors (Lipinski definition) is 10. The number of ketones is 2. The molecule has 0 saturated heterocycles. The largest absolute Gasteiger partial charge is 0.493 e. The average molecular weight is 619 g/mol. The molecule has 0 unspecified atom stereocenters. The quantitative estimate of drug-likeness (QED) is 0.110. The van der Waals surface area contributed by atoms with Gasteiger partial charge in [-0.05, 0) is 23.6 Å². The van der Waals surface area contributed by atoms with Crippen LogP contribution < -0.4 is 18.9 Å². The molecule has 0 saturated carbocycles. The normalized spacial score (nSPS) is 11.0. The summed E-state index contributed by atoms with van der Waals surface area (Å²) < 4.78 is 39.0. The number of rotatable bonds is 16. The standard InChI is InChI=1S/C29H27FO10S2/c1-37-19-13-22-15(11-24(41-22)17(31)4-6-26(33)34)10-20(19)39-8-3-9-40-29-21(38-2)14-23-16(28(29)30)12-25(42-23)18(32)5-7-27(35)36/h10-14H,3-9H2,1-2H3,(H,33,34)(H,35,36). The molecule has 0 aliphatic carbocycles. The zero-order valence-electron chi connectivity index (χ0n) is 22.7. The summed E-state index contributed by atoms with van der Waals surface area (Å²) in [6.07, 6.45) is -0.441. The predicted molar refractivity (Wildman–Crippen MR) is 155 cm³/mol. The number of carbonyl (C=O) groups is 4. The number of carboxylic acids is 2. The van der Waals surface area contributed by atoms with Crippen molar-refractivity contribution in [3.63, 3.8) is 0 Å². The molecule has 4 rings (SSSR count). The molecular formula is C29H27FO10S2. The van der Waals surface area contributed by atoms with Crippen LogP contribution in [0.4, 0.5) is 4.39 Å². The van der Waals surface area contributed by atoms with E-state index in [4.69, 9.17) is 29.2 Å². The topological polar surface area (TPSA) is 146 Å². The van der Waals surface area contributed by atoms with Gasteiger partial charge in [-0.15, -0.1) is 22.7 Å². The van der Waals surface area contributed by atoms with E-state index in [1.165, 1.54) is 31.6 Å². The monoisotopic (exact) mass is 618 g/mol. The van der Waals surface area contributed by atoms with Crippen LogP contribution in [0.15, 0.2) is 30.3 Å². The van der Waals surface area contributed by atoms with E-state index in [0.29, 0.717) is 27.5 Å². The molecule has 0 atom stereocenters. The first-order valence-corrected chi connectivity index (χ1v) is 14.4. The van der Waals surface area contributed by atoms with Crippen molar-refractivity contribution in [2.24, 2.45) is 0 Å². The van der Waals surface area contributed by atoms with Gasteiger partial charge in [-0.1, -0.05) is 0 Å². The molecule has 42 heavy (non-hydrogen) atoms. The molecule has 0 spiro atoms. The van der Waals surface area contributed by atoms with Crippen molar-refractivity contribution < 1.29 is 52.7 Å². The third-order valence-corrected chi connectivity index (χ3v) is 8.44. The Kier molecular flexibility index (Phi) is 9.96. The number of ether oxygens (including phenoxy) is 4. The number of halogens is 1. The molecule has 0 aliphatic heterocycles. The van der Waals surface area contributed by atoms with Crippen LogP contribution in [0.2, 0.25) is 0 Å². The minimum absolute atomic E-state index is 0.0819. The van der Waals surface area contributed by atoms with Gasteiger partial charge in [0.15, 0.2) is 40.4 Å². The molecule has 222 valence electrons. The van der Waals surface area contributed by atoms with Gasteiger partial charge in [-0.3, -0.25) is 19.2 Å². The highest BCUT2D eigenvalue weighted by molar-refractivity contribution is 7.21. The molecule has 0 aliphatic rings. The van der Waals surface area contributed by atoms with Crippen LogP contribution in [0.5, 0.6) is 23.0 Å². The molecule has 2 aromatic carbocycles. The Hall–Kier alpha value is -4.23. The first-order valence-electron chi connectivity index (χ1n) is 12.8. The van der Waals surface area contributed by atoms with Gasteiger partial charge in [0.2, 0.25) is 0 Å².